The number of hydrogen-bond donors (Lipinski definition) is 0. The first-order valence-electron chi connectivity index (χ1n) is 10.3. The van der Waals surface area contributed by atoms with Gasteiger partial charge in [-0.05, 0) is 6.92 Å². The molecule has 4 nitrogen and oxygen atoms in total. The van der Waals surface area contributed by atoms with Crippen LogP contribution in [0.1, 0.15) is 40.0 Å². The molecule has 164 valence electrons. The van der Waals surface area contributed by atoms with Crippen molar-refractivity contribution in [1.29, 1.82) is 0 Å². The summed E-state index contributed by atoms with van der Waals surface area (Å²) in [6.07, 6.45) is 12.1. The molecule has 0 amide bonds. The average Bonchev–Trinajstić information content (AvgIpc) is 3.57. The molecule has 4 aromatic heterocycles. The quantitative estimate of drug-likeness (QED) is 0.346. The number of aromatic nitrogens is 4. The molecule has 4 rings (SSSR count). The Morgan fingerprint density at radius 2 is 1.07 bits per heavy atom. The highest BCUT2D eigenvalue weighted by Crippen LogP contribution is 1.91. The van der Waals surface area contributed by atoms with Crippen LogP contribution in [0.25, 0.3) is 0 Å². The third-order valence-electron chi connectivity index (χ3n) is 3.80. The highest BCUT2D eigenvalue weighted by atomic mass is 32.1. The van der Waals surface area contributed by atoms with Gasteiger partial charge in [-0.2, -0.15) is 18.3 Å². The van der Waals surface area contributed by atoms with Gasteiger partial charge in [0, 0.05) is 12.8 Å². The molecule has 0 saturated carbocycles. The Morgan fingerprint density at radius 1 is 0.567 bits per heavy atom. The van der Waals surface area contributed by atoms with E-state index in [-0.39, 0.29) is 0 Å². The normalized spacial score (nSPS) is 9.47. The van der Waals surface area contributed by atoms with Gasteiger partial charge >= 0.3 is 0 Å². The van der Waals surface area contributed by atoms with Crippen LogP contribution >= 0.6 is 45.3 Å². The molecular weight excluding hydrogens is 449 g/mol. The Morgan fingerprint density at radius 3 is 1.37 bits per heavy atom. The van der Waals surface area contributed by atoms with Crippen LogP contribution in [0.2, 0.25) is 0 Å². The van der Waals surface area contributed by atoms with Crippen molar-refractivity contribution in [2.45, 2.75) is 59.7 Å². The maximum Gasteiger partial charge on any atom is 0.224 e. The van der Waals surface area contributed by atoms with Crippen LogP contribution in [0.15, 0.2) is 68.3 Å². The molecule has 0 atom stereocenters. The minimum atomic E-state index is 1.09. The van der Waals surface area contributed by atoms with Crippen molar-refractivity contribution >= 4 is 45.3 Å². The van der Waals surface area contributed by atoms with Crippen LogP contribution < -0.4 is 18.3 Å². The van der Waals surface area contributed by atoms with Gasteiger partial charge in [0.1, 0.15) is 26.7 Å². The van der Waals surface area contributed by atoms with Gasteiger partial charge in [0.15, 0.2) is 24.8 Å². The van der Waals surface area contributed by atoms with Crippen molar-refractivity contribution in [3.63, 3.8) is 0 Å². The minimum Gasteiger partial charge on any atom is -0.198 e. The highest BCUT2D eigenvalue weighted by molar-refractivity contribution is 7.07. The van der Waals surface area contributed by atoms with E-state index in [0.717, 1.165) is 13.1 Å². The lowest BCUT2D eigenvalue weighted by Crippen LogP contribution is -2.29. The molecule has 0 fully saturated rings. The molecule has 0 aromatic carbocycles. The lowest BCUT2D eigenvalue weighted by Gasteiger charge is -1.86. The number of nitrogens with zero attached hydrogens (tertiary/aromatic N) is 4. The van der Waals surface area contributed by atoms with E-state index in [2.05, 4.69) is 85.7 Å². The van der Waals surface area contributed by atoms with E-state index in [1.54, 1.807) is 45.3 Å². The van der Waals surface area contributed by atoms with Crippen molar-refractivity contribution in [2.24, 2.45) is 7.05 Å². The van der Waals surface area contributed by atoms with Crippen LogP contribution in [0.4, 0.5) is 0 Å². The van der Waals surface area contributed by atoms with E-state index in [4.69, 9.17) is 0 Å². The lowest BCUT2D eigenvalue weighted by atomic mass is 10.3. The molecule has 0 unspecified atom stereocenters. The molecule has 4 heterocycles. The fourth-order valence-corrected chi connectivity index (χ4v) is 4.64. The van der Waals surface area contributed by atoms with Crippen LogP contribution in [-0.4, -0.2) is 0 Å². The fraction of sp³-hybridized carbons (Fsp3) is 0.455. The zero-order valence-electron chi connectivity index (χ0n) is 18.6. The Kier molecular flexibility index (Phi) is 16.2. The molecule has 4 aromatic rings. The molecular formula is C22H36N4S4+4. The third kappa shape index (κ3) is 13.7. The number of hydrogen-bond acceptors (Lipinski definition) is 4. The van der Waals surface area contributed by atoms with Gasteiger partial charge in [-0.15, -0.1) is 0 Å². The second kappa shape index (κ2) is 18.3. The van der Waals surface area contributed by atoms with Gasteiger partial charge in [0.2, 0.25) is 22.0 Å². The van der Waals surface area contributed by atoms with Crippen molar-refractivity contribution in [2.75, 3.05) is 0 Å². The molecule has 0 N–H and O–H groups in total. The Hall–Kier alpha value is -1.48. The van der Waals surface area contributed by atoms with E-state index in [0.29, 0.717) is 0 Å². The molecule has 0 radical (unpaired) electrons. The summed E-state index contributed by atoms with van der Waals surface area (Å²) in [6.45, 7) is 9.96. The zero-order valence-corrected chi connectivity index (χ0v) is 21.9. The molecule has 0 saturated heterocycles. The average molecular weight is 485 g/mol. The van der Waals surface area contributed by atoms with Crippen LogP contribution in [0.5, 0.6) is 0 Å². The molecule has 0 aliphatic rings. The Labute approximate surface area is 198 Å². The topological polar surface area (TPSA) is 15.5 Å². The van der Waals surface area contributed by atoms with E-state index >= 15 is 0 Å². The minimum absolute atomic E-state index is 1.09. The predicted octanol–water partition coefficient (Wildman–Crippen LogP) is 4.91. The molecule has 30 heavy (non-hydrogen) atoms. The first-order chi connectivity index (χ1) is 14.7. The van der Waals surface area contributed by atoms with Crippen molar-refractivity contribution < 1.29 is 18.3 Å². The molecule has 0 bridgehead atoms. The third-order valence-corrected chi connectivity index (χ3v) is 6.55. The monoisotopic (exact) mass is 484 g/mol. The predicted molar refractivity (Wildman–Crippen MR) is 130 cm³/mol. The maximum atomic E-state index is 2.23. The van der Waals surface area contributed by atoms with Crippen molar-refractivity contribution in [1.82, 2.24) is 0 Å². The summed E-state index contributed by atoms with van der Waals surface area (Å²) in [7, 11) is 2.01. The lowest BCUT2D eigenvalue weighted by molar-refractivity contribution is -0.692. The number of unbranched alkanes of at least 4 members (excludes halogenated alkanes) is 1. The smallest absolute Gasteiger partial charge is 0.198 e. The largest absolute Gasteiger partial charge is 0.224 e. The second-order valence-corrected chi connectivity index (χ2v) is 9.45. The van der Waals surface area contributed by atoms with E-state index in [1.165, 1.54) is 25.8 Å². The summed E-state index contributed by atoms with van der Waals surface area (Å²) in [5.41, 5.74) is 8.42. The SMILES string of the molecule is CCCC[n+]1ccsc1.CCC[n+]1ccsc1.CC[n+]1ccsc1.C[n+]1ccsc1. The van der Waals surface area contributed by atoms with E-state index < -0.39 is 0 Å². The first-order valence-corrected chi connectivity index (χ1v) is 14.1. The summed E-state index contributed by atoms with van der Waals surface area (Å²) in [5.74, 6) is 0. The van der Waals surface area contributed by atoms with E-state index in [9.17, 15) is 0 Å². The van der Waals surface area contributed by atoms with Gasteiger partial charge in [0.05, 0.1) is 21.5 Å². The molecule has 0 spiro atoms. The molecule has 8 heteroatoms. The summed E-state index contributed by atoms with van der Waals surface area (Å²) >= 11 is 6.93. The number of aryl methyl sites for hydroxylation is 4. The van der Waals surface area contributed by atoms with Gasteiger partial charge in [0.25, 0.3) is 0 Å². The standard InChI is InChI=1S/C7H12NS.C6H10NS.C5H8NS.C4H6NS/c1-2-3-4-8-5-6-9-7-8;1-2-3-7-4-5-8-6-7;1-2-6-3-4-7-5-6;1-5-2-3-6-4-5/h5-7H,2-4H2,1H3;4-6H,2-3H2,1H3;3-5H,2H2,1H3;2-4H,1H3/q4*+1. The highest BCUT2D eigenvalue weighted by Gasteiger charge is 1.95. The zero-order chi connectivity index (χ0) is 21.9. The second-order valence-electron chi connectivity index (χ2n) is 6.43. The molecule has 0 aliphatic carbocycles. The van der Waals surface area contributed by atoms with E-state index in [1.807, 2.05) is 28.7 Å². The summed E-state index contributed by atoms with van der Waals surface area (Å²) < 4.78 is 8.59. The van der Waals surface area contributed by atoms with Gasteiger partial charge in [-0.25, -0.2) is 0 Å². The first kappa shape index (κ1) is 26.6. The Bertz CT molecular complexity index is 796. The van der Waals surface area contributed by atoms with Crippen LogP contribution in [0.3, 0.4) is 0 Å². The van der Waals surface area contributed by atoms with Gasteiger partial charge < -0.3 is 0 Å². The maximum absolute atomic E-state index is 2.23. The van der Waals surface area contributed by atoms with Gasteiger partial charge in [-0.1, -0.05) is 65.6 Å². The van der Waals surface area contributed by atoms with Crippen molar-refractivity contribution in [3.05, 3.63) is 68.3 Å². The number of thiazole rings is 4. The summed E-state index contributed by atoms with van der Waals surface area (Å²) in [5, 5.41) is 8.31. The summed E-state index contributed by atoms with van der Waals surface area (Å²) in [4.78, 5) is 0. The summed E-state index contributed by atoms with van der Waals surface area (Å²) in [6, 6.07) is 0. The van der Waals surface area contributed by atoms with Gasteiger partial charge in [-0.3, -0.25) is 0 Å². The number of rotatable bonds is 6. The fourth-order valence-electron chi connectivity index (χ4n) is 2.12. The van der Waals surface area contributed by atoms with Crippen LogP contribution in [0, 0.1) is 0 Å². The van der Waals surface area contributed by atoms with Crippen molar-refractivity contribution in [3.8, 4) is 0 Å². The Balaban J connectivity index is 0.000000202. The molecule has 0 aliphatic heterocycles. The van der Waals surface area contributed by atoms with Crippen LogP contribution in [-0.2, 0) is 26.7 Å².